The van der Waals surface area contributed by atoms with E-state index in [1.165, 1.54) is 25.8 Å². The van der Waals surface area contributed by atoms with Crippen molar-refractivity contribution in [3.8, 4) is 0 Å². The summed E-state index contributed by atoms with van der Waals surface area (Å²) >= 11 is 0. The molecule has 1 N–H and O–H groups in total. The summed E-state index contributed by atoms with van der Waals surface area (Å²) in [6.45, 7) is 16.7. The number of hydrogen-bond donors (Lipinski definition) is 1. The Hall–Kier alpha value is -0.300. The summed E-state index contributed by atoms with van der Waals surface area (Å²) in [5, 5.41) is 3.28. The van der Waals surface area contributed by atoms with Crippen LogP contribution < -0.4 is 5.32 Å². The van der Waals surface area contributed by atoms with Crippen molar-refractivity contribution in [1.82, 2.24) is 5.32 Å². The zero-order valence-corrected chi connectivity index (χ0v) is 9.45. The molecule has 0 unspecified atom stereocenters. The summed E-state index contributed by atoms with van der Waals surface area (Å²) in [7, 11) is 0. The van der Waals surface area contributed by atoms with Gasteiger partial charge >= 0.3 is 0 Å². The number of hydrogen-bond acceptors (Lipinski definition) is 1. The van der Waals surface area contributed by atoms with E-state index in [2.05, 4.69) is 32.3 Å². The molecular formula is C11H27N. The van der Waals surface area contributed by atoms with Crippen molar-refractivity contribution in [3.63, 3.8) is 0 Å². The van der Waals surface area contributed by atoms with E-state index >= 15 is 0 Å². The minimum Gasteiger partial charge on any atom is -0.317 e. The van der Waals surface area contributed by atoms with Crippen LogP contribution in [0.5, 0.6) is 0 Å². The second-order valence-corrected chi connectivity index (χ2v) is 2.06. The number of unbranched alkanes of at least 4 members (excludes halogenated alkanes) is 2. The van der Waals surface area contributed by atoms with Crippen LogP contribution in [0.4, 0.5) is 0 Å². The van der Waals surface area contributed by atoms with Gasteiger partial charge in [-0.25, -0.2) is 0 Å². The van der Waals surface area contributed by atoms with Gasteiger partial charge in [-0.3, -0.25) is 0 Å². The largest absolute Gasteiger partial charge is 0.317 e. The lowest BCUT2D eigenvalue weighted by Crippen LogP contribution is -2.13. The molecule has 0 saturated heterocycles. The van der Waals surface area contributed by atoms with Gasteiger partial charge < -0.3 is 5.32 Å². The van der Waals surface area contributed by atoms with Gasteiger partial charge in [0, 0.05) is 0 Å². The maximum atomic E-state index is 3.28. The summed E-state index contributed by atoms with van der Waals surface area (Å²) in [5.74, 6) is 0. The Balaban J connectivity index is -0.000000175. The highest BCUT2D eigenvalue weighted by Gasteiger charge is 1.81. The first-order valence-corrected chi connectivity index (χ1v) is 5.12. The van der Waals surface area contributed by atoms with Gasteiger partial charge in [-0.05, 0) is 19.5 Å². The van der Waals surface area contributed by atoms with E-state index in [0.29, 0.717) is 0 Å². The monoisotopic (exact) mass is 173 g/mol. The normalized spacial score (nSPS) is 7.33. The highest BCUT2D eigenvalue weighted by atomic mass is 14.8. The smallest absolute Gasteiger partial charge is 0.00490 e. The summed E-state index contributed by atoms with van der Waals surface area (Å²) in [5.41, 5.74) is 0. The third-order valence-electron chi connectivity index (χ3n) is 1.21. The molecule has 12 heavy (non-hydrogen) atoms. The second-order valence-electron chi connectivity index (χ2n) is 2.06. The molecule has 0 amide bonds. The van der Waals surface area contributed by atoms with Crippen LogP contribution in [-0.2, 0) is 0 Å². The molecule has 0 aromatic rings. The average Bonchev–Trinajstić information content (AvgIpc) is 2.19. The Morgan fingerprint density at radius 1 is 1.00 bits per heavy atom. The number of rotatable bonds is 5. The van der Waals surface area contributed by atoms with Crippen LogP contribution in [0.3, 0.4) is 0 Å². The fraction of sp³-hybridized carbons (Fsp3) is 0.818. The predicted molar refractivity (Wildman–Crippen MR) is 60.7 cm³/mol. The van der Waals surface area contributed by atoms with Gasteiger partial charge in [0.05, 0.1) is 0 Å². The lowest BCUT2D eigenvalue weighted by molar-refractivity contribution is 0.633. The zero-order valence-electron chi connectivity index (χ0n) is 9.45. The molecule has 76 valence electrons. The molecule has 0 aliphatic heterocycles. The van der Waals surface area contributed by atoms with E-state index in [1.54, 1.807) is 0 Å². The Bertz CT molecular complexity index is 38.3. The highest BCUT2D eigenvalue weighted by Crippen LogP contribution is 1.89. The van der Waals surface area contributed by atoms with Crippen LogP contribution in [0.15, 0.2) is 13.2 Å². The van der Waals surface area contributed by atoms with Crippen molar-refractivity contribution in [3.05, 3.63) is 13.2 Å². The van der Waals surface area contributed by atoms with Crippen molar-refractivity contribution in [2.75, 3.05) is 13.1 Å². The van der Waals surface area contributed by atoms with Crippen molar-refractivity contribution in [2.24, 2.45) is 0 Å². The van der Waals surface area contributed by atoms with Crippen molar-refractivity contribution < 1.29 is 0 Å². The van der Waals surface area contributed by atoms with Crippen LogP contribution in [0.25, 0.3) is 0 Å². The molecule has 0 rings (SSSR count). The molecule has 0 aromatic heterocycles. The van der Waals surface area contributed by atoms with Gasteiger partial charge in [0.2, 0.25) is 0 Å². The Morgan fingerprint density at radius 3 is 1.83 bits per heavy atom. The quantitative estimate of drug-likeness (QED) is 0.494. The minimum atomic E-state index is 1.11. The molecule has 0 atom stereocenters. The van der Waals surface area contributed by atoms with Crippen LogP contribution >= 0.6 is 0 Å². The molecular weight excluding hydrogens is 146 g/mol. The Morgan fingerprint density at radius 2 is 1.50 bits per heavy atom. The molecule has 0 spiro atoms. The van der Waals surface area contributed by atoms with Gasteiger partial charge in [-0.15, -0.1) is 13.2 Å². The summed E-state index contributed by atoms with van der Waals surface area (Å²) in [4.78, 5) is 0. The van der Waals surface area contributed by atoms with Crippen LogP contribution in [0, 0.1) is 0 Å². The second kappa shape index (κ2) is 31.0. The summed E-state index contributed by atoms with van der Waals surface area (Å²) < 4.78 is 0. The van der Waals surface area contributed by atoms with Gasteiger partial charge in [-0.2, -0.15) is 0 Å². The lowest BCUT2D eigenvalue weighted by Gasteiger charge is -1.97. The predicted octanol–water partition coefficient (Wildman–Crippen LogP) is 3.61. The SMILES string of the molecule is C=C.CC.CCCCCNCC. The first-order chi connectivity index (χ1) is 5.91. The van der Waals surface area contributed by atoms with E-state index < -0.39 is 0 Å². The van der Waals surface area contributed by atoms with Crippen LogP contribution in [-0.4, -0.2) is 13.1 Å². The third-order valence-corrected chi connectivity index (χ3v) is 1.21. The molecule has 0 aliphatic carbocycles. The van der Waals surface area contributed by atoms with E-state index in [-0.39, 0.29) is 0 Å². The molecule has 0 aliphatic rings. The van der Waals surface area contributed by atoms with Crippen LogP contribution in [0.1, 0.15) is 47.0 Å². The van der Waals surface area contributed by atoms with Gasteiger partial charge in [-0.1, -0.05) is 40.5 Å². The molecule has 0 aromatic carbocycles. The first kappa shape index (κ1) is 17.7. The van der Waals surface area contributed by atoms with Crippen molar-refractivity contribution in [2.45, 2.75) is 47.0 Å². The Labute approximate surface area is 79.3 Å². The highest BCUT2D eigenvalue weighted by molar-refractivity contribution is 4.42. The standard InChI is InChI=1S/C7H17N.C2H6.C2H4/c1-3-5-6-7-8-4-2;2*1-2/h8H,3-7H2,1-2H3;1-2H3;1-2H2. The molecule has 0 heterocycles. The first-order valence-electron chi connectivity index (χ1n) is 5.12. The molecule has 0 radical (unpaired) electrons. The van der Waals surface area contributed by atoms with Gasteiger partial charge in [0.15, 0.2) is 0 Å². The molecule has 0 saturated carbocycles. The number of nitrogens with one attached hydrogen (secondary N) is 1. The molecule has 1 nitrogen and oxygen atoms in total. The van der Waals surface area contributed by atoms with E-state index in [9.17, 15) is 0 Å². The summed E-state index contributed by atoms with van der Waals surface area (Å²) in [6.07, 6.45) is 4.03. The van der Waals surface area contributed by atoms with Crippen molar-refractivity contribution >= 4 is 0 Å². The zero-order chi connectivity index (χ0) is 10.2. The Kier molecular flexibility index (Phi) is 45.7. The van der Waals surface area contributed by atoms with Crippen molar-refractivity contribution in [1.29, 1.82) is 0 Å². The van der Waals surface area contributed by atoms with E-state index in [4.69, 9.17) is 0 Å². The molecule has 0 bridgehead atoms. The van der Waals surface area contributed by atoms with Crippen LogP contribution in [0.2, 0.25) is 0 Å². The maximum Gasteiger partial charge on any atom is -0.00490 e. The topological polar surface area (TPSA) is 12.0 Å². The van der Waals surface area contributed by atoms with E-state index in [0.717, 1.165) is 6.54 Å². The molecule has 0 fully saturated rings. The summed E-state index contributed by atoms with van der Waals surface area (Å²) in [6, 6.07) is 0. The van der Waals surface area contributed by atoms with E-state index in [1.807, 2.05) is 13.8 Å². The molecule has 1 heteroatoms. The fourth-order valence-electron chi connectivity index (χ4n) is 0.677. The van der Waals surface area contributed by atoms with Gasteiger partial charge in [0.25, 0.3) is 0 Å². The third kappa shape index (κ3) is 33.2. The maximum absolute atomic E-state index is 3.28. The average molecular weight is 173 g/mol. The van der Waals surface area contributed by atoms with Gasteiger partial charge in [0.1, 0.15) is 0 Å². The fourth-order valence-corrected chi connectivity index (χ4v) is 0.677. The minimum absolute atomic E-state index is 1.11. The lowest BCUT2D eigenvalue weighted by atomic mass is 10.2.